The fraction of sp³-hybridized carbons (Fsp3) is 0.111. The first-order chi connectivity index (χ1) is 11.8. The van der Waals surface area contributed by atoms with Gasteiger partial charge < -0.3 is 9.47 Å². The molecule has 3 heterocycles. The lowest BCUT2D eigenvalue weighted by Crippen LogP contribution is -2.06. The van der Waals surface area contributed by atoms with Gasteiger partial charge in [0.25, 0.3) is 0 Å². The predicted molar refractivity (Wildman–Crippen MR) is 97.8 cm³/mol. The monoisotopic (exact) mass is 429 g/mol. The molecule has 0 bridgehead atoms. The molecule has 0 saturated carbocycles. The number of nitrogens with zero attached hydrogens (tertiary/aromatic N) is 3. The number of aromatic nitrogens is 2. The van der Waals surface area contributed by atoms with E-state index in [1.54, 1.807) is 0 Å². The number of hydrogen-bond acceptors (Lipinski definition) is 4. The molecule has 0 N–H and O–H groups in total. The molecule has 2 aliphatic heterocycles. The molecule has 5 rings (SSSR count). The van der Waals surface area contributed by atoms with Crippen molar-refractivity contribution < 1.29 is 9.47 Å². The van der Waals surface area contributed by atoms with Crippen molar-refractivity contribution in [2.24, 2.45) is 5.10 Å². The van der Waals surface area contributed by atoms with Crippen molar-refractivity contribution in [1.82, 2.24) is 9.66 Å². The highest BCUT2D eigenvalue weighted by molar-refractivity contribution is 14.1. The minimum Gasteiger partial charge on any atom is -0.454 e. The SMILES string of the molecule is Ic1cn2c(n1)Cc1cc3c(cc1C(c1ccccc1)=N2)OCO3. The molecule has 0 unspecified atom stereocenters. The van der Waals surface area contributed by atoms with Gasteiger partial charge in [-0.05, 0) is 40.3 Å². The Morgan fingerprint density at radius 3 is 2.67 bits per heavy atom. The van der Waals surface area contributed by atoms with E-state index in [0.717, 1.165) is 43.4 Å². The molecular formula is C18H12IN3O2. The molecule has 0 amide bonds. The zero-order valence-corrected chi connectivity index (χ0v) is 14.7. The zero-order valence-electron chi connectivity index (χ0n) is 12.6. The summed E-state index contributed by atoms with van der Waals surface area (Å²) in [7, 11) is 0. The Balaban J connectivity index is 1.79. The normalized spacial score (nSPS) is 14.6. The maximum Gasteiger partial charge on any atom is 0.231 e. The molecule has 2 aromatic carbocycles. The molecule has 0 atom stereocenters. The van der Waals surface area contributed by atoms with Crippen molar-refractivity contribution in [2.45, 2.75) is 6.42 Å². The second-order valence-electron chi connectivity index (χ2n) is 5.68. The second kappa shape index (κ2) is 5.34. The van der Waals surface area contributed by atoms with Crippen LogP contribution in [0.2, 0.25) is 0 Å². The van der Waals surface area contributed by atoms with Gasteiger partial charge in [0, 0.05) is 17.5 Å². The van der Waals surface area contributed by atoms with E-state index < -0.39 is 0 Å². The molecule has 0 spiro atoms. The summed E-state index contributed by atoms with van der Waals surface area (Å²) in [5, 5.41) is 4.87. The van der Waals surface area contributed by atoms with Crippen molar-refractivity contribution in [3.05, 3.63) is 74.9 Å². The Kier molecular flexibility index (Phi) is 3.12. The van der Waals surface area contributed by atoms with Crippen molar-refractivity contribution in [3.8, 4) is 11.5 Å². The Labute approximate surface area is 152 Å². The van der Waals surface area contributed by atoms with Crippen molar-refractivity contribution >= 4 is 28.3 Å². The van der Waals surface area contributed by atoms with Gasteiger partial charge in [0.2, 0.25) is 6.79 Å². The Hall–Kier alpha value is -2.35. The van der Waals surface area contributed by atoms with Crippen molar-refractivity contribution in [1.29, 1.82) is 0 Å². The third-order valence-electron chi connectivity index (χ3n) is 4.19. The maximum absolute atomic E-state index is 5.57. The first-order valence-corrected chi connectivity index (χ1v) is 8.67. The first kappa shape index (κ1) is 14.0. The molecule has 0 fully saturated rings. The lowest BCUT2D eigenvalue weighted by atomic mass is 9.95. The fourth-order valence-corrected chi connectivity index (χ4v) is 3.62. The van der Waals surface area contributed by atoms with E-state index in [4.69, 9.17) is 14.6 Å². The van der Waals surface area contributed by atoms with Crippen LogP contribution < -0.4 is 9.47 Å². The second-order valence-corrected chi connectivity index (χ2v) is 6.78. The molecule has 0 saturated heterocycles. The minimum absolute atomic E-state index is 0.266. The van der Waals surface area contributed by atoms with Crippen LogP contribution in [0.4, 0.5) is 0 Å². The molecule has 24 heavy (non-hydrogen) atoms. The van der Waals surface area contributed by atoms with Crippen LogP contribution >= 0.6 is 22.6 Å². The van der Waals surface area contributed by atoms with Crippen molar-refractivity contribution in [2.75, 3.05) is 6.79 Å². The van der Waals surface area contributed by atoms with Gasteiger partial charge in [0.15, 0.2) is 11.5 Å². The third kappa shape index (κ3) is 2.21. The number of fused-ring (bicyclic) bond motifs is 3. The first-order valence-electron chi connectivity index (χ1n) is 7.59. The van der Waals surface area contributed by atoms with E-state index >= 15 is 0 Å². The molecule has 118 valence electrons. The van der Waals surface area contributed by atoms with E-state index in [1.165, 1.54) is 0 Å². The summed E-state index contributed by atoms with van der Waals surface area (Å²) in [4.78, 5) is 4.60. The highest BCUT2D eigenvalue weighted by atomic mass is 127. The third-order valence-corrected chi connectivity index (χ3v) is 4.71. The van der Waals surface area contributed by atoms with Gasteiger partial charge in [0.1, 0.15) is 9.53 Å². The van der Waals surface area contributed by atoms with Crippen LogP contribution in [-0.4, -0.2) is 22.2 Å². The summed E-state index contributed by atoms with van der Waals surface area (Å²) < 4.78 is 13.9. The van der Waals surface area contributed by atoms with Crippen LogP contribution in [0.5, 0.6) is 11.5 Å². The van der Waals surface area contributed by atoms with Gasteiger partial charge >= 0.3 is 0 Å². The summed E-state index contributed by atoms with van der Waals surface area (Å²) in [6.45, 7) is 0.266. The largest absolute Gasteiger partial charge is 0.454 e. The Morgan fingerprint density at radius 2 is 1.83 bits per heavy atom. The highest BCUT2D eigenvalue weighted by Crippen LogP contribution is 2.37. The average Bonchev–Trinajstić information content (AvgIpc) is 3.15. The van der Waals surface area contributed by atoms with Crippen LogP contribution in [0.15, 0.2) is 53.8 Å². The fourth-order valence-electron chi connectivity index (χ4n) is 3.08. The number of rotatable bonds is 1. The summed E-state index contributed by atoms with van der Waals surface area (Å²) in [6.07, 6.45) is 2.65. The van der Waals surface area contributed by atoms with Crippen LogP contribution in [0.1, 0.15) is 22.5 Å². The van der Waals surface area contributed by atoms with Crippen LogP contribution in [0.25, 0.3) is 0 Å². The number of halogens is 1. The quantitative estimate of drug-likeness (QED) is 0.436. The maximum atomic E-state index is 5.57. The van der Waals surface area contributed by atoms with Crippen LogP contribution in [-0.2, 0) is 6.42 Å². The average molecular weight is 429 g/mol. The molecule has 3 aromatic rings. The van der Waals surface area contributed by atoms with Gasteiger partial charge in [0.05, 0.1) is 11.9 Å². The smallest absolute Gasteiger partial charge is 0.231 e. The predicted octanol–water partition coefficient (Wildman–Crippen LogP) is 3.42. The molecule has 6 heteroatoms. The van der Waals surface area contributed by atoms with Gasteiger partial charge in [-0.3, -0.25) is 0 Å². The summed E-state index contributed by atoms with van der Waals surface area (Å²) >= 11 is 2.22. The van der Waals surface area contributed by atoms with E-state index in [0.29, 0.717) is 6.42 Å². The zero-order chi connectivity index (χ0) is 16.1. The molecule has 0 radical (unpaired) electrons. The van der Waals surface area contributed by atoms with Gasteiger partial charge in [-0.15, -0.1) is 0 Å². The highest BCUT2D eigenvalue weighted by Gasteiger charge is 2.24. The Bertz CT molecular complexity index is 979. The lowest BCUT2D eigenvalue weighted by Gasteiger charge is -2.10. The van der Waals surface area contributed by atoms with Crippen LogP contribution in [0.3, 0.4) is 0 Å². The van der Waals surface area contributed by atoms with Crippen molar-refractivity contribution in [3.63, 3.8) is 0 Å². The summed E-state index contributed by atoms with van der Waals surface area (Å²) in [6, 6.07) is 14.3. The van der Waals surface area contributed by atoms with Crippen LogP contribution in [0, 0.1) is 3.70 Å². The standard InChI is InChI=1S/C18H12IN3O2/c19-16-9-22-17(20-16)7-12-6-14-15(24-10-23-14)8-13(12)18(21-22)11-4-2-1-3-5-11/h1-6,8-9H,7,10H2. The molecule has 2 aliphatic rings. The number of hydrogen-bond donors (Lipinski definition) is 0. The Morgan fingerprint density at radius 1 is 1.04 bits per heavy atom. The number of ether oxygens (including phenoxy) is 2. The molecule has 0 aliphatic carbocycles. The lowest BCUT2D eigenvalue weighted by molar-refractivity contribution is 0.174. The topological polar surface area (TPSA) is 48.6 Å². The number of benzene rings is 2. The minimum atomic E-state index is 0.266. The van der Waals surface area contributed by atoms with E-state index in [-0.39, 0.29) is 6.79 Å². The van der Waals surface area contributed by atoms with Gasteiger partial charge in [-0.25, -0.2) is 9.66 Å². The molecular weight excluding hydrogens is 417 g/mol. The molecule has 5 nitrogen and oxygen atoms in total. The molecule has 1 aromatic heterocycles. The van der Waals surface area contributed by atoms with E-state index in [2.05, 4.69) is 39.7 Å². The number of imidazole rings is 1. The summed E-state index contributed by atoms with van der Waals surface area (Å²) in [5.41, 5.74) is 4.18. The van der Waals surface area contributed by atoms with E-state index in [9.17, 15) is 0 Å². The van der Waals surface area contributed by atoms with E-state index in [1.807, 2.05) is 41.2 Å². The van der Waals surface area contributed by atoms with Gasteiger partial charge in [-0.1, -0.05) is 30.3 Å². The van der Waals surface area contributed by atoms with Gasteiger partial charge in [-0.2, -0.15) is 5.10 Å². The summed E-state index contributed by atoms with van der Waals surface area (Å²) in [5.74, 6) is 2.48.